The van der Waals surface area contributed by atoms with E-state index in [4.69, 9.17) is 4.74 Å². The van der Waals surface area contributed by atoms with E-state index in [1.165, 1.54) is 5.56 Å². The Morgan fingerprint density at radius 3 is 2.72 bits per heavy atom. The van der Waals surface area contributed by atoms with E-state index in [-0.39, 0.29) is 6.10 Å². The van der Waals surface area contributed by atoms with Crippen LogP contribution in [0.4, 0.5) is 0 Å². The monoisotopic (exact) mass is 330 g/mol. The van der Waals surface area contributed by atoms with Crippen LogP contribution in [0.25, 0.3) is 16.5 Å². The molecule has 1 unspecified atom stereocenters. The van der Waals surface area contributed by atoms with Gasteiger partial charge in [-0.25, -0.2) is 4.68 Å². The molecule has 25 heavy (non-hydrogen) atoms. The van der Waals surface area contributed by atoms with E-state index in [0.29, 0.717) is 0 Å². The van der Waals surface area contributed by atoms with Crippen LogP contribution in [0.2, 0.25) is 0 Å². The van der Waals surface area contributed by atoms with Gasteiger partial charge in [0.25, 0.3) is 0 Å². The summed E-state index contributed by atoms with van der Waals surface area (Å²) in [5, 5.41) is 10.6. The smallest absolute Gasteiger partial charge is 0.141 e. The molecule has 0 saturated carbocycles. The lowest BCUT2D eigenvalue weighted by Gasteiger charge is -2.14. The van der Waals surface area contributed by atoms with Gasteiger partial charge in [-0.3, -0.25) is 4.98 Å². The van der Waals surface area contributed by atoms with E-state index < -0.39 is 0 Å². The van der Waals surface area contributed by atoms with Crippen molar-refractivity contribution in [2.45, 2.75) is 20.0 Å². The average Bonchev–Trinajstić information content (AvgIpc) is 3.13. The van der Waals surface area contributed by atoms with E-state index in [0.717, 1.165) is 27.9 Å². The second-order valence-corrected chi connectivity index (χ2v) is 6.04. The summed E-state index contributed by atoms with van der Waals surface area (Å²) in [6.45, 7) is 4.04. The molecule has 0 spiro atoms. The lowest BCUT2D eigenvalue weighted by molar-refractivity contribution is 0.224. The molecule has 2 heterocycles. The third kappa shape index (κ3) is 3.08. The van der Waals surface area contributed by atoms with Crippen LogP contribution in [-0.4, -0.2) is 20.0 Å². The number of rotatable bonds is 4. The van der Waals surface area contributed by atoms with Crippen LogP contribution in [0.5, 0.6) is 5.75 Å². The van der Waals surface area contributed by atoms with Crippen molar-refractivity contribution in [2.24, 2.45) is 0 Å². The Bertz CT molecular complexity index is 1000. The fourth-order valence-corrected chi connectivity index (χ4v) is 2.73. The van der Waals surface area contributed by atoms with Gasteiger partial charge in [0.05, 0.1) is 11.9 Å². The molecule has 0 N–H and O–H groups in total. The Morgan fingerprint density at radius 1 is 1.04 bits per heavy atom. The van der Waals surface area contributed by atoms with E-state index in [1.807, 2.05) is 55.7 Å². The van der Waals surface area contributed by atoms with Crippen LogP contribution in [0.1, 0.15) is 24.3 Å². The first kappa shape index (κ1) is 15.3. The minimum absolute atomic E-state index is 0.210. The number of nitrogens with zero attached hydrogens (tertiary/aromatic N) is 4. The van der Waals surface area contributed by atoms with Crippen molar-refractivity contribution in [3.63, 3.8) is 0 Å². The molecule has 2 aromatic carbocycles. The fourth-order valence-electron chi connectivity index (χ4n) is 2.73. The number of pyridine rings is 1. The Labute approximate surface area is 145 Å². The maximum atomic E-state index is 6.14. The molecular weight excluding hydrogens is 312 g/mol. The van der Waals surface area contributed by atoms with Gasteiger partial charge in [-0.2, -0.15) is 0 Å². The molecule has 4 rings (SSSR count). The zero-order valence-electron chi connectivity index (χ0n) is 14.1. The topological polar surface area (TPSA) is 52.8 Å². The highest BCUT2D eigenvalue weighted by Gasteiger charge is 2.14. The molecule has 0 aliphatic rings. The SMILES string of the molecule is Cc1ccc(-n2cc(C(C)Oc3cccc4cnccc34)nn2)cc1. The Morgan fingerprint density at radius 2 is 1.88 bits per heavy atom. The molecule has 5 nitrogen and oxygen atoms in total. The van der Waals surface area contributed by atoms with Gasteiger partial charge >= 0.3 is 0 Å². The summed E-state index contributed by atoms with van der Waals surface area (Å²) in [7, 11) is 0. The van der Waals surface area contributed by atoms with E-state index in [9.17, 15) is 0 Å². The third-order valence-corrected chi connectivity index (χ3v) is 4.17. The summed E-state index contributed by atoms with van der Waals surface area (Å²) in [4.78, 5) is 4.15. The Balaban J connectivity index is 1.59. The van der Waals surface area contributed by atoms with Crippen LogP contribution in [0.3, 0.4) is 0 Å². The van der Waals surface area contributed by atoms with Gasteiger partial charge in [-0.1, -0.05) is 35.0 Å². The predicted molar refractivity (Wildman–Crippen MR) is 96.9 cm³/mol. The first-order valence-corrected chi connectivity index (χ1v) is 8.19. The average molecular weight is 330 g/mol. The highest BCUT2D eigenvalue weighted by atomic mass is 16.5. The maximum absolute atomic E-state index is 6.14. The molecule has 5 heteroatoms. The van der Waals surface area contributed by atoms with Gasteiger partial charge in [0.1, 0.15) is 17.5 Å². The molecular formula is C20H18N4O. The number of hydrogen-bond acceptors (Lipinski definition) is 4. The van der Waals surface area contributed by atoms with Crippen molar-refractivity contribution >= 4 is 10.8 Å². The van der Waals surface area contributed by atoms with Gasteiger partial charge in [-0.05, 0) is 38.1 Å². The van der Waals surface area contributed by atoms with Gasteiger partial charge < -0.3 is 4.74 Å². The van der Waals surface area contributed by atoms with Crippen LogP contribution in [-0.2, 0) is 0 Å². The molecule has 0 bridgehead atoms. The molecule has 4 aromatic rings. The van der Waals surface area contributed by atoms with Crippen molar-refractivity contribution in [3.05, 3.63) is 78.4 Å². The van der Waals surface area contributed by atoms with Crippen molar-refractivity contribution < 1.29 is 4.74 Å². The molecule has 0 fully saturated rings. The number of fused-ring (bicyclic) bond motifs is 1. The summed E-state index contributed by atoms with van der Waals surface area (Å²) in [5.74, 6) is 0.817. The molecule has 0 amide bonds. The number of aromatic nitrogens is 4. The Hall–Kier alpha value is -3.21. The predicted octanol–water partition coefficient (Wildman–Crippen LogP) is 4.26. The standard InChI is InChI=1S/C20H18N4O/c1-14-6-8-17(9-7-14)24-13-19(22-23-24)15(2)25-20-5-3-4-16-12-21-11-10-18(16)20/h3-13,15H,1-2H3. The largest absolute Gasteiger partial charge is 0.484 e. The molecule has 1 atom stereocenters. The second kappa shape index (κ2) is 6.36. The van der Waals surface area contributed by atoms with Crippen LogP contribution in [0.15, 0.2) is 67.1 Å². The minimum Gasteiger partial charge on any atom is -0.484 e. The summed E-state index contributed by atoms with van der Waals surface area (Å²) < 4.78 is 7.90. The van der Waals surface area contributed by atoms with Crippen molar-refractivity contribution in [2.75, 3.05) is 0 Å². The maximum Gasteiger partial charge on any atom is 0.141 e. The van der Waals surface area contributed by atoms with Crippen LogP contribution < -0.4 is 4.74 Å². The normalized spacial score (nSPS) is 12.2. The summed E-state index contributed by atoms with van der Waals surface area (Å²) in [5.41, 5.74) is 2.98. The van der Waals surface area contributed by atoms with Crippen LogP contribution in [0, 0.1) is 6.92 Å². The molecule has 0 radical (unpaired) electrons. The second-order valence-electron chi connectivity index (χ2n) is 6.04. The fraction of sp³-hybridized carbons (Fsp3) is 0.150. The van der Waals surface area contributed by atoms with Crippen molar-refractivity contribution in [1.29, 1.82) is 0 Å². The lowest BCUT2D eigenvalue weighted by atomic mass is 10.1. The molecule has 124 valence electrons. The number of hydrogen-bond donors (Lipinski definition) is 0. The van der Waals surface area contributed by atoms with Crippen molar-refractivity contribution in [3.8, 4) is 11.4 Å². The molecule has 2 aromatic heterocycles. The quantitative estimate of drug-likeness (QED) is 0.561. The van der Waals surface area contributed by atoms with Crippen LogP contribution >= 0.6 is 0 Å². The van der Waals surface area contributed by atoms with E-state index in [2.05, 4.69) is 34.4 Å². The third-order valence-electron chi connectivity index (χ3n) is 4.17. The number of benzene rings is 2. The van der Waals surface area contributed by atoms with Gasteiger partial charge in [0, 0.05) is 23.2 Å². The minimum atomic E-state index is -0.210. The lowest BCUT2D eigenvalue weighted by Crippen LogP contribution is -2.04. The zero-order valence-corrected chi connectivity index (χ0v) is 14.1. The van der Waals surface area contributed by atoms with E-state index in [1.54, 1.807) is 10.9 Å². The summed E-state index contributed by atoms with van der Waals surface area (Å²) >= 11 is 0. The summed E-state index contributed by atoms with van der Waals surface area (Å²) in [6.07, 6.45) is 5.30. The molecule has 0 saturated heterocycles. The highest BCUT2D eigenvalue weighted by molar-refractivity contribution is 5.87. The highest BCUT2D eigenvalue weighted by Crippen LogP contribution is 2.28. The first-order valence-electron chi connectivity index (χ1n) is 8.19. The number of ether oxygens (including phenoxy) is 1. The molecule has 0 aliphatic carbocycles. The molecule has 0 aliphatic heterocycles. The van der Waals surface area contributed by atoms with E-state index >= 15 is 0 Å². The zero-order chi connectivity index (χ0) is 17.2. The van der Waals surface area contributed by atoms with Crippen molar-refractivity contribution in [1.82, 2.24) is 20.0 Å². The van der Waals surface area contributed by atoms with Gasteiger partial charge in [0.15, 0.2) is 0 Å². The summed E-state index contributed by atoms with van der Waals surface area (Å²) in [6, 6.07) is 16.1. The first-order chi connectivity index (χ1) is 12.2. The number of aryl methyl sites for hydroxylation is 1. The van der Waals surface area contributed by atoms with Gasteiger partial charge in [-0.15, -0.1) is 5.10 Å². The Kier molecular flexibility index (Phi) is 3.90. The van der Waals surface area contributed by atoms with Gasteiger partial charge in [0.2, 0.25) is 0 Å².